The van der Waals surface area contributed by atoms with Crippen molar-refractivity contribution in [3.05, 3.63) is 0 Å². The Labute approximate surface area is 85.8 Å². The molecule has 1 N–H and O–H groups in total. The highest BCUT2D eigenvalue weighted by molar-refractivity contribution is 4.93. The first-order valence-electron chi connectivity index (χ1n) is 5.98. The Kier molecular flexibility index (Phi) is 2.48. The van der Waals surface area contributed by atoms with Crippen molar-refractivity contribution >= 4 is 0 Å². The van der Waals surface area contributed by atoms with E-state index in [1.807, 2.05) is 0 Å². The quantitative estimate of drug-likeness (QED) is 0.694. The minimum Gasteiger partial charge on any atom is -0.380 e. The van der Waals surface area contributed by atoms with E-state index < -0.39 is 0 Å². The van der Waals surface area contributed by atoms with Gasteiger partial charge in [-0.15, -0.1) is 0 Å². The molecule has 3 nitrogen and oxygen atoms in total. The van der Waals surface area contributed by atoms with Gasteiger partial charge in [-0.05, 0) is 25.2 Å². The zero-order valence-electron chi connectivity index (χ0n) is 8.74. The predicted molar refractivity (Wildman–Crippen MR) is 55.3 cm³/mol. The van der Waals surface area contributed by atoms with Gasteiger partial charge in [0.25, 0.3) is 0 Å². The fourth-order valence-electron chi connectivity index (χ4n) is 2.76. The number of rotatable bonds is 2. The number of hydrogen-bond donors (Lipinski definition) is 1. The summed E-state index contributed by atoms with van der Waals surface area (Å²) in [7, 11) is 0. The summed E-state index contributed by atoms with van der Waals surface area (Å²) in [5.74, 6) is 0.986. The number of hydrogen-bond acceptors (Lipinski definition) is 3. The second-order valence-corrected chi connectivity index (χ2v) is 4.91. The van der Waals surface area contributed by atoms with Gasteiger partial charge in [0.2, 0.25) is 0 Å². The number of nitrogens with zero attached hydrogens (tertiary/aromatic N) is 1. The number of ether oxygens (including phenoxy) is 1. The van der Waals surface area contributed by atoms with Crippen LogP contribution >= 0.6 is 0 Å². The molecule has 0 aromatic rings. The third-order valence-electron chi connectivity index (χ3n) is 3.85. The van der Waals surface area contributed by atoms with Crippen LogP contribution in [-0.2, 0) is 4.74 Å². The number of piperazine rings is 1. The summed E-state index contributed by atoms with van der Waals surface area (Å²) in [5.41, 5.74) is 0. The van der Waals surface area contributed by atoms with Gasteiger partial charge in [0, 0.05) is 38.3 Å². The van der Waals surface area contributed by atoms with Crippen molar-refractivity contribution in [1.29, 1.82) is 0 Å². The Bertz CT molecular complexity index is 199. The molecule has 1 aliphatic carbocycles. The van der Waals surface area contributed by atoms with Gasteiger partial charge in [-0.2, -0.15) is 0 Å². The van der Waals surface area contributed by atoms with E-state index in [9.17, 15) is 0 Å². The van der Waals surface area contributed by atoms with Crippen LogP contribution in [0, 0.1) is 5.92 Å². The van der Waals surface area contributed by atoms with E-state index in [4.69, 9.17) is 4.74 Å². The molecule has 3 heteroatoms. The summed E-state index contributed by atoms with van der Waals surface area (Å²) >= 11 is 0. The van der Waals surface area contributed by atoms with Crippen LogP contribution in [0.1, 0.15) is 19.3 Å². The molecule has 0 amide bonds. The lowest BCUT2D eigenvalue weighted by Gasteiger charge is -2.37. The van der Waals surface area contributed by atoms with Crippen LogP contribution in [0.4, 0.5) is 0 Å². The van der Waals surface area contributed by atoms with E-state index in [1.54, 1.807) is 0 Å². The maximum Gasteiger partial charge on any atom is 0.0622 e. The van der Waals surface area contributed by atoms with Gasteiger partial charge in [0.15, 0.2) is 0 Å². The SMILES string of the molecule is C1CN(C2CCOC2)CC(C2CC2)N1. The lowest BCUT2D eigenvalue weighted by atomic mass is 10.1. The van der Waals surface area contributed by atoms with Crippen molar-refractivity contribution in [2.45, 2.75) is 31.3 Å². The fourth-order valence-corrected chi connectivity index (χ4v) is 2.76. The van der Waals surface area contributed by atoms with E-state index in [2.05, 4.69) is 10.2 Å². The Morgan fingerprint density at radius 1 is 1.21 bits per heavy atom. The van der Waals surface area contributed by atoms with Crippen molar-refractivity contribution in [2.75, 3.05) is 32.8 Å². The molecular weight excluding hydrogens is 176 g/mol. The Morgan fingerprint density at radius 2 is 2.14 bits per heavy atom. The molecule has 2 atom stereocenters. The molecule has 2 unspecified atom stereocenters. The first-order valence-corrected chi connectivity index (χ1v) is 5.98. The van der Waals surface area contributed by atoms with E-state index in [-0.39, 0.29) is 0 Å². The molecule has 80 valence electrons. The highest BCUT2D eigenvalue weighted by Crippen LogP contribution is 2.34. The highest BCUT2D eigenvalue weighted by atomic mass is 16.5. The van der Waals surface area contributed by atoms with Crippen molar-refractivity contribution in [3.8, 4) is 0 Å². The maximum absolute atomic E-state index is 5.46. The first kappa shape index (κ1) is 9.13. The molecule has 0 bridgehead atoms. The van der Waals surface area contributed by atoms with Crippen LogP contribution in [0.5, 0.6) is 0 Å². The van der Waals surface area contributed by atoms with E-state index in [0.717, 1.165) is 31.2 Å². The Hall–Kier alpha value is -0.120. The number of nitrogens with one attached hydrogen (secondary N) is 1. The molecule has 3 rings (SSSR count). The molecule has 2 aliphatic heterocycles. The molecule has 2 heterocycles. The zero-order chi connectivity index (χ0) is 9.38. The second kappa shape index (κ2) is 3.80. The Morgan fingerprint density at radius 3 is 2.86 bits per heavy atom. The van der Waals surface area contributed by atoms with E-state index in [1.165, 1.54) is 38.9 Å². The normalized spacial score (nSPS) is 40.3. The van der Waals surface area contributed by atoms with Gasteiger partial charge in [-0.1, -0.05) is 0 Å². The standard InChI is InChI=1S/C11H20N2O/c1-2-9(1)11-7-13(5-4-12-11)10-3-6-14-8-10/h9-12H,1-8H2. The molecule has 0 spiro atoms. The highest BCUT2D eigenvalue weighted by Gasteiger charge is 2.36. The summed E-state index contributed by atoms with van der Waals surface area (Å²) in [6.45, 7) is 5.60. The molecule has 3 aliphatic rings. The van der Waals surface area contributed by atoms with Gasteiger partial charge < -0.3 is 10.1 Å². The molecular formula is C11H20N2O. The predicted octanol–water partition coefficient (Wildman–Crippen LogP) is 0.459. The van der Waals surface area contributed by atoms with Crippen LogP contribution in [-0.4, -0.2) is 49.8 Å². The van der Waals surface area contributed by atoms with Crippen LogP contribution in [0.3, 0.4) is 0 Å². The van der Waals surface area contributed by atoms with E-state index in [0.29, 0.717) is 0 Å². The maximum atomic E-state index is 5.46. The topological polar surface area (TPSA) is 24.5 Å². The second-order valence-electron chi connectivity index (χ2n) is 4.91. The van der Waals surface area contributed by atoms with Crippen molar-refractivity contribution in [1.82, 2.24) is 10.2 Å². The van der Waals surface area contributed by atoms with Crippen LogP contribution in [0.25, 0.3) is 0 Å². The van der Waals surface area contributed by atoms with Crippen molar-refractivity contribution in [2.24, 2.45) is 5.92 Å². The lowest BCUT2D eigenvalue weighted by molar-refractivity contribution is 0.112. The molecule has 0 radical (unpaired) electrons. The minimum absolute atomic E-state index is 0.721. The zero-order valence-corrected chi connectivity index (χ0v) is 8.74. The summed E-state index contributed by atoms with van der Waals surface area (Å²) in [5, 5.41) is 3.65. The average molecular weight is 196 g/mol. The summed E-state index contributed by atoms with van der Waals surface area (Å²) in [4.78, 5) is 2.65. The third kappa shape index (κ3) is 1.81. The third-order valence-corrected chi connectivity index (χ3v) is 3.85. The molecule has 3 fully saturated rings. The fraction of sp³-hybridized carbons (Fsp3) is 1.00. The van der Waals surface area contributed by atoms with Gasteiger partial charge >= 0.3 is 0 Å². The summed E-state index contributed by atoms with van der Waals surface area (Å²) in [6, 6.07) is 1.50. The van der Waals surface area contributed by atoms with E-state index >= 15 is 0 Å². The first-order chi connectivity index (χ1) is 6.93. The average Bonchev–Trinajstić information content (AvgIpc) is 2.94. The smallest absolute Gasteiger partial charge is 0.0622 e. The summed E-state index contributed by atoms with van der Waals surface area (Å²) < 4.78 is 5.46. The Balaban J connectivity index is 1.57. The molecule has 0 aromatic heterocycles. The van der Waals surface area contributed by atoms with Crippen LogP contribution in [0.2, 0.25) is 0 Å². The summed E-state index contributed by atoms with van der Waals surface area (Å²) in [6.07, 6.45) is 4.15. The lowest BCUT2D eigenvalue weighted by Crippen LogP contribution is -2.54. The van der Waals surface area contributed by atoms with Crippen LogP contribution < -0.4 is 5.32 Å². The minimum atomic E-state index is 0.721. The molecule has 2 saturated heterocycles. The van der Waals surface area contributed by atoms with Gasteiger partial charge in [-0.25, -0.2) is 0 Å². The monoisotopic (exact) mass is 196 g/mol. The molecule has 0 aromatic carbocycles. The largest absolute Gasteiger partial charge is 0.380 e. The van der Waals surface area contributed by atoms with Crippen molar-refractivity contribution < 1.29 is 4.74 Å². The van der Waals surface area contributed by atoms with Gasteiger partial charge in [0.1, 0.15) is 0 Å². The van der Waals surface area contributed by atoms with Gasteiger partial charge in [-0.3, -0.25) is 4.90 Å². The molecule has 1 saturated carbocycles. The molecule has 14 heavy (non-hydrogen) atoms. The van der Waals surface area contributed by atoms with Crippen molar-refractivity contribution in [3.63, 3.8) is 0 Å². The van der Waals surface area contributed by atoms with Gasteiger partial charge in [0.05, 0.1) is 6.61 Å². The van der Waals surface area contributed by atoms with Crippen LogP contribution in [0.15, 0.2) is 0 Å².